The van der Waals surface area contributed by atoms with Crippen LogP contribution in [0.2, 0.25) is 4.34 Å². The Morgan fingerprint density at radius 2 is 2.12 bits per heavy atom. The molecule has 2 rings (SSSR count). The minimum absolute atomic E-state index is 0.130. The van der Waals surface area contributed by atoms with Crippen LogP contribution < -0.4 is 5.56 Å². The molecule has 24 heavy (non-hydrogen) atoms. The van der Waals surface area contributed by atoms with Crippen LogP contribution in [0.5, 0.6) is 0 Å². The predicted molar refractivity (Wildman–Crippen MR) is 86.6 cm³/mol. The first kappa shape index (κ1) is 18.3. The summed E-state index contributed by atoms with van der Waals surface area (Å²) in [6.07, 6.45) is -1.98. The third kappa shape index (κ3) is 4.28. The van der Waals surface area contributed by atoms with E-state index in [0.717, 1.165) is 23.6 Å². The molecule has 0 saturated carbocycles. The van der Waals surface area contributed by atoms with Crippen molar-refractivity contribution in [1.82, 2.24) is 4.57 Å². The number of ketones is 1. The second kappa shape index (κ2) is 7.69. The number of halogens is 4. The van der Waals surface area contributed by atoms with Crippen LogP contribution in [-0.4, -0.2) is 16.8 Å². The molecule has 0 unspecified atom stereocenters. The molecule has 126 valence electrons. The maximum absolute atomic E-state index is 13.6. The zero-order valence-electron chi connectivity index (χ0n) is 12.4. The van der Waals surface area contributed by atoms with Crippen molar-refractivity contribution in [2.75, 3.05) is 0 Å². The number of hydrogen-bond acceptors (Lipinski definition) is 3. The molecule has 0 aromatic carbocycles. The summed E-state index contributed by atoms with van der Waals surface area (Å²) in [7, 11) is 0. The van der Waals surface area contributed by atoms with Crippen LogP contribution in [0, 0.1) is 17.7 Å². The molecule has 0 aliphatic carbocycles. The molecule has 0 aliphatic heterocycles. The molecule has 0 saturated heterocycles. The van der Waals surface area contributed by atoms with E-state index in [2.05, 4.69) is 11.8 Å². The first-order valence-electron chi connectivity index (χ1n) is 6.74. The van der Waals surface area contributed by atoms with Crippen LogP contribution in [0.25, 0.3) is 0 Å². The lowest BCUT2D eigenvalue weighted by Crippen LogP contribution is -2.26. The average Bonchev–Trinajstić information content (AvgIpc) is 2.85. The van der Waals surface area contributed by atoms with Crippen LogP contribution in [0.1, 0.15) is 27.7 Å². The van der Waals surface area contributed by atoms with Crippen molar-refractivity contribution in [3.05, 3.63) is 54.8 Å². The van der Waals surface area contributed by atoms with Gasteiger partial charge in [0.1, 0.15) is 4.34 Å². The van der Waals surface area contributed by atoms with Gasteiger partial charge in [0.15, 0.2) is 11.6 Å². The highest BCUT2D eigenvalue weighted by Crippen LogP contribution is 2.28. The SMILES string of the molecule is CC#Cc1cc(C(=O)Cc2cc(F)c(=O)n(CC(F)F)c2)sc1Cl. The molecule has 0 spiro atoms. The van der Waals surface area contributed by atoms with Crippen molar-refractivity contribution in [1.29, 1.82) is 0 Å². The second-order valence-electron chi connectivity index (χ2n) is 4.82. The Morgan fingerprint density at radius 3 is 2.75 bits per heavy atom. The second-order valence-corrected chi connectivity index (χ2v) is 6.47. The van der Waals surface area contributed by atoms with Crippen LogP contribution >= 0.6 is 22.9 Å². The Labute approximate surface area is 144 Å². The van der Waals surface area contributed by atoms with Gasteiger partial charge in [0.25, 0.3) is 12.0 Å². The molecule has 2 heterocycles. The molecular weight excluding hydrogens is 363 g/mol. The molecule has 2 aromatic rings. The van der Waals surface area contributed by atoms with Gasteiger partial charge >= 0.3 is 0 Å². The predicted octanol–water partition coefficient (Wildman–Crippen LogP) is 3.76. The monoisotopic (exact) mass is 373 g/mol. The number of Topliss-reactive ketones (excluding diaryl/α,β-unsaturated/α-hetero) is 1. The highest BCUT2D eigenvalue weighted by Gasteiger charge is 2.16. The lowest BCUT2D eigenvalue weighted by atomic mass is 10.1. The first-order chi connectivity index (χ1) is 11.3. The minimum atomic E-state index is -2.81. The van der Waals surface area contributed by atoms with Crippen molar-refractivity contribution < 1.29 is 18.0 Å². The lowest BCUT2D eigenvalue weighted by Gasteiger charge is -2.08. The summed E-state index contributed by atoms with van der Waals surface area (Å²) in [6, 6.07) is 2.40. The van der Waals surface area contributed by atoms with Crippen molar-refractivity contribution in [3.8, 4) is 11.8 Å². The van der Waals surface area contributed by atoms with E-state index < -0.39 is 24.3 Å². The summed E-state index contributed by atoms with van der Waals surface area (Å²) in [5, 5.41) is 0. The smallest absolute Gasteiger partial charge is 0.286 e. The third-order valence-electron chi connectivity index (χ3n) is 3.02. The number of aromatic nitrogens is 1. The van der Waals surface area contributed by atoms with Crippen molar-refractivity contribution in [3.63, 3.8) is 0 Å². The van der Waals surface area contributed by atoms with E-state index >= 15 is 0 Å². The third-order valence-corrected chi connectivity index (χ3v) is 4.42. The molecular formula is C16H11ClF3NO2S. The molecule has 0 amide bonds. The summed E-state index contributed by atoms with van der Waals surface area (Å²) in [4.78, 5) is 24.1. The van der Waals surface area contributed by atoms with E-state index in [-0.39, 0.29) is 17.8 Å². The van der Waals surface area contributed by atoms with E-state index in [9.17, 15) is 22.8 Å². The maximum atomic E-state index is 13.6. The highest BCUT2D eigenvalue weighted by atomic mass is 35.5. The Balaban J connectivity index is 2.28. The van der Waals surface area contributed by atoms with E-state index in [0.29, 0.717) is 19.3 Å². The normalized spacial score (nSPS) is 10.6. The summed E-state index contributed by atoms with van der Waals surface area (Å²) < 4.78 is 39.4. The fraction of sp³-hybridized carbons (Fsp3) is 0.250. The van der Waals surface area contributed by atoms with Crippen LogP contribution in [-0.2, 0) is 13.0 Å². The van der Waals surface area contributed by atoms with E-state index in [1.807, 2.05) is 0 Å². The van der Waals surface area contributed by atoms with Gasteiger partial charge in [-0.15, -0.1) is 17.3 Å². The van der Waals surface area contributed by atoms with Gasteiger partial charge in [0, 0.05) is 12.6 Å². The number of carbonyl (C=O) groups excluding carboxylic acids is 1. The number of pyridine rings is 1. The number of rotatable bonds is 5. The van der Waals surface area contributed by atoms with Gasteiger partial charge in [0.2, 0.25) is 0 Å². The van der Waals surface area contributed by atoms with Gasteiger partial charge in [-0.25, -0.2) is 13.2 Å². The fourth-order valence-corrected chi connectivity index (χ4v) is 3.16. The van der Waals surface area contributed by atoms with Gasteiger partial charge in [-0.3, -0.25) is 9.59 Å². The summed E-state index contributed by atoms with van der Waals surface area (Å²) >= 11 is 7.01. The quantitative estimate of drug-likeness (QED) is 0.591. The topological polar surface area (TPSA) is 39.1 Å². The molecule has 0 N–H and O–H groups in total. The number of thiophene rings is 1. The largest absolute Gasteiger partial charge is 0.307 e. The zero-order chi connectivity index (χ0) is 17.9. The first-order valence-corrected chi connectivity index (χ1v) is 7.93. The van der Waals surface area contributed by atoms with Gasteiger partial charge < -0.3 is 4.57 Å². The maximum Gasteiger partial charge on any atom is 0.286 e. The van der Waals surface area contributed by atoms with Gasteiger partial charge in [0.05, 0.1) is 17.0 Å². The molecule has 0 radical (unpaired) electrons. The Kier molecular flexibility index (Phi) is 5.86. The van der Waals surface area contributed by atoms with Gasteiger partial charge in [-0.2, -0.15) is 0 Å². The average molecular weight is 374 g/mol. The Morgan fingerprint density at radius 1 is 1.42 bits per heavy atom. The van der Waals surface area contributed by atoms with Gasteiger partial charge in [-0.1, -0.05) is 17.5 Å². The molecule has 0 aliphatic rings. The molecule has 0 bridgehead atoms. The Hall–Kier alpha value is -2.04. The standard InChI is InChI=1S/C16H11ClF3NO2S/c1-2-3-10-6-13(24-15(10)17)12(22)5-9-4-11(18)16(23)21(7-9)8-14(19)20/h4,6-7,14H,5,8H2,1H3. The summed E-state index contributed by atoms with van der Waals surface area (Å²) in [5.74, 6) is 3.87. The Bertz CT molecular complexity index is 893. The van der Waals surface area contributed by atoms with Crippen molar-refractivity contribution in [2.24, 2.45) is 0 Å². The molecule has 0 atom stereocenters. The summed E-state index contributed by atoms with van der Waals surface area (Å²) in [6.45, 7) is 0.698. The number of alkyl halides is 2. The van der Waals surface area contributed by atoms with Crippen LogP contribution in [0.3, 0.4) is 0 Å². The number of carbonyl (C=O) groups is 1. The van der Waals surface area contributed by atoms with Crippen molar-refractivity contribution >= 4 is 28.7 Å². The molecule has 8 heteroatoms. The van der Waals surface area contributed by atoms with E-state index in [1.165, 1.54) is 6.07 Å². The minimum Gasteiger partial charge on any atom is -0.307 e. The van der Waals surface area contributed by atoms with E-state index in [1.54, 1.807) is 6.92 Å². The molecule has 2 aromatic heterocycles. The number of nitrogens with zero attached hydrogens (tertiary/aromatic N) is 1. The highest BCUT2D eigenvalue weighted by molar-refractivity contribution is 7.18. The zero-order valence-corrected chi connectivity index (χ0v) is 14.0. The lowest BCUT2D eigenvalue weighted by molar-refractivity contribution is 0.0996. The van der Waals surface area contributed by atoms with Crippen molar-refractivity contribution in [2.45, 2.75) is 26.3 Å². The molecule has 3 nitrogen and oxygen atoms in total. The summed E-state index contributed by atoms with van der Waals surface area (Å²) in [5.41, 5.74) is -0.502. The number of hydrogen-bond donors (Lipinski definition) is 0. The molecule has 0 fully saturated rings. The van der Waals surface area contributed by atoms with E-state index in [4.69, 9.17) is 11.6 Å². The van der Waals surface area contributed by atoms with Crippen LogP contribution in [0.4, 0.5) is 13.2 Å². The van der Waals surface area contributed by atoms with Crippen LogP contribution in [0.15, 0.2) is 23.1 Å². The fourth-order valence-electron chi connectivity index (χ4n) is 2.04. The van der Waals surface area contributed by atoms with Gasteiger partial charge in [-0.05, 0) is 24.6 Å².